The maximum absolute atomic E-state index is 12.5. The van der Waals surface area contributed by atoms with Crippen LogP contribution >= 0.6 is 0 Å². The molecule has 1 aromatic heterocycles. The highest BCUT2D eigenvalue weighted by atomic mass is 16.1. The summed E-state index contributed by atoms with van der Waals surface area (Å²) in [6, 6.07) is 7.03. The third kappa shape index (κ3) is 3.69. The molecular formula is C18H19N5O2. The van der Waals surface area contributed by atoms with E-state index in [1.165, 1.54) is 6.20 Å². The predicted octanol–water partition coefficient (Wildman–Crippen LogP) is 1.35. The van der Waals surface area contributed by atoms with Gasteiger partial charge < -0.3 is 15.2 Å². The normalized spacial score (nSPS) is 17.0. The van der Waals surface area contributed by atoms with Gasteiger partial charge in [0, 0.05) is 37.1 Å². The maximum atomic E-state index is 12.5. The van der Waals surface area contributed by atoms with Crippen LogP contribution in [0.4, 0.5) is 5.82 Å². The van der Waals surface area contributed by atoms with Gasteiger partial charge in [-0.3, -0.25) is 9.59 Å². The van der Waals surface area contributed by atoms with Crippen molar-refractivity contribution in [1.29, 1.82) is 5.26 Å². The minimum absolute atomic E-state index is 0.0577. The first-order chi connectivity index (χ1) is 12.1. The fourth-order valence-corrected chi connectivity index (χ4v) is 3.11. The number of hydrogen-bond donors (Lipinski definition) is 2. The lowest BCUT2D eigenvalue weighted by Crippen LogP contribution is -2.49. The topological polar surface area (TPSA) is 102 Å². The molecule has 1 atom stereocenters. The molecule has 0 radical (unpaired) electrons. The van der Waals surface area contributed by atoms with E-state index in [2.05, 4.69) is 21.4 Å². The van der Waals surface area contributed by atoms with Gasteiger partial charge in [0.2, 0.25) is 0 Å². The summed E-state index contributed by atoms with van der Waals surface area (Å²) < 4.78 is 0. The first-order valence-corrected chi connectivity index (χ1v) is 8.18. The summed E-state index contributed by atoms with van der Waals surface area (Å²) in [6.45, 7) is 3.10. The highest BCUT2D eigenvalue weighted by molar-refractivity contribution is 5.96. The summed E-state index contributed by atoms with van der Waals surface area (Å²) in [5.74, 6) is 0.222. The summed E-state index contributed by atoms with van der Waals surface area (Å²) >= 11 is 0. The molecule has 0 saturated carbocycles. The molecule has 7 nitrogen and oxygen atoms in total. The van der Waals surface area contributed by atoms with Gasteiger partial charge in [0.05, 0.1) is 11.6 Å². The molecule has 1 amide bonds. The third-order valence-corrected chi connectivity index (χ3v) is 4.35. The van der Waals surface area contributed by atoms with Gasteiger partial charge in [-0.1, -0.05) is 0 Å². The number of carbonyl (C=O) groups is 1. The number of benzene rings is 1. The predicted molar refractivity (Wildman–Crippen MR) is 93.5 cm³/mol. The van der Waals surface area contributed by atoms with E-state index in [1.807, 2.05) is 11.8 Å². The maximum Gasteiger partial charge on any atom is 0.290 e. The molecule has 1 aliphatic rings. The van der Waals surface area contributed by atoms with Gasteiger partial charge in [-0.15, -0.1) is 0 Å². The van der Waals surface area contributed by atoms with E-state index in [4.69, 9.17) is 5.26 Å². The lowest BCUT2D eigenvalue weighted by molar-refractivity contribution is 0.0932. The molecule has 2 N–H and O–H groups in total. The third-order valence-electron chi connectivity index (χ3n) is 4.35. The SMILES string of the molecule is Cc1cc(C#N)ccc1C(=O)N[C@H]1CCCN(c2ncc[nH]c2=O)C1. The Morgan fingerprint density at radius 1 is 1.48 bits per heavy atom. The van der Waals surface area contributed by atoms with Crippen LogP contribution < -0.4 is 15.8 Å². The molecule has 2 aromatic rings. The second-order valence-electron chi connectivity index (χ2n) is 6.14. The molecule has 25 heavy (non-hydrogen) atoms. The minimum atomic E-state index is -0.225. The first-order valence-electron chi connectivity index (χ1n) is 8.18. The van der Waals surface area contributed by atoms with E-state index < -0.39 is 0 Å². The quantitative estimate of drug-likeness (QED) is 0.880. The summed E-state index contributed by atoms with van der Waals surface area (Å²) in [5, 5.41) is 12.0. The lowest BCUT2D eigenvalue weighted by Gasteiger charge is -2.33. The van der Waals surface area contributed by atoms with Crippen LogP contribution in [-0.2, 0) is 0 Å². The Morgan fingerprint density at radius 2 is 2.32 bits per heavy atom. The number of nitrogens with one attached hydrogen (secondary N) is 2. The lowest BCUT2D eigenvalue weighted by atomic mass is 10.0. The molecule has 2 heterocycles. The Bertz CT molecular complexity index is 884. The van der Waals surface area contributed by atoms with Crippen molar-refractivity contribution in [3.05, 3.63) is 57.6 Å². The Hall–Kier alpha value is -3.14. The number of carbonyl (C=O) groups excluding carboxylic acids is 1. The molecule has 0 unspecified atom stereocenters. The standard InChI is InChI=1S/C18H19N5O2/c1-12-9-13(10-19)4-5-15(12)17(24)22-14-3-2-8-23(11-14)16-18(25)21-7-6-20-16/h4-7,9,14H,2-3,8,11H2,1H3,(H,21,25)(H,22,24)/t14-/m0/s1. The summed E-state index contributed by atoms with van der Waals surface area (Å²) in [6.07, 6.45) is 4.78. The zero-order valence-corrected chi connectivity index (χ0v) is 14.0. The number of aromatic nitrogens is 2. The number of H-pyrrole nitrogens is 1. The van der Waals surface area contributed by atoms with Gasteiger partial charge in [0.1, 0.15) is 0 Å². The van der Waals surface area contributed by atoms with Crippen LogP contribution in [0, 0.1) is 18.3 Å². The molecule has 1 saturated heterocycles. The van der Waals surface area contributed by atoms with E-state index in [9.17, 15) is 9.59 Å². The van der Waals surface area contributed by atoms with Crippen molar-refractivity contribution in [2.45, 2.75) is 25.8 Å². The average molecular weight is 337 g/mol. The number of piperidine rings is 1. The Kier molecular flexibility index (Phi) is 4.80. The fourth-order valence-electron chi connectivity index (χ4n) is 3.11. The van der Waals surface area contributed by atoms with E-state index in [0.29, 0.717) is 23.5 Å². The van der Waals surface area contributed by atoms with Gasteiger partial charge >= 0.3 is 0 Å². The molecule has 0 aliphatic carbocycles. The zero-order valence-electron chi connectivity index (χ0n) is 14.0. The number of amides is 1. The first kappa shape index (κ1) is 16.7. The number of aromatic amines is 1. The van der Waals surface area contributed by atoms with Gasteiger partial charge in [-0.25, -0.2) is 4.98 Å². The second-order valence-corrected chi connectivity index (χ2v) is 6.14. The van der Waals surface area contributed by atoms with Crippen molar-refractivity contribution in [2.24, 2.45) is 0 Å². The van der Waals surface area contributed by atoms with Gasteiger partial charge in [0.15, 0.2) is 5.82 Å². The summed E-state index contributed by atoms with van der Waals surface area (Å²) in [4.78, 5) is 33.1. The highest BCUT2D eigenvalue weighted by Crippen LogP contribution is 2.16. The van der Waals surface area contributed by atoms with Crippen molar-refractivity contribution in [3.8, 4) is 6.07 Å². The highest BCUT2D eigenvalue weighted by Gasteiger charge is 2.24. The van der Waals surface area contributed by atoms with Gasteiger partial charge in [-0.2, -0.15) is 5.26 Å². The smallest absolute Gasteiger partial charge is 0.290 e. The number of anilines is 1. The van der Waals surface area contributed by atoms with Crippen LogP contribution in [0.1, 0.15) is 34.3 Å². The van der Waals surface area contributed by atoms with Crippen LogP contribution in [0.5, 0.6) is 0 Å². The van der Waals surface area contributed by atoms with Crippen molar-refractivity contribution in [1.82, 2.24) is 15.3 Å². The van der Waals surface area contributed by atoms with E-state index in [1.54, 1.807) is 24.4 Å². The molecule has 128 valence electrons. The molecule has 7 heteroatoms. The van der Waals surface area contributed by atoms with Crippen LogP contribution in [-0.4, -0.2) is 35.0 Å². The zero-order chi connectivity index (χ0) is 17.8. The number of rotatable bonds is 3. The number of nitriles is 1. The Labute approximate surface area is 145 Å². The van der Waals surface area contributed by atoms with Crippen LogP contribution in [0.15, 0.2) is 35.4 Å². The summed E-state index contributed by atoms with van der Waals surface area (Å²) in [5.41, 5.74) is 1.64. The number of hydrogen-bond acceptors (Lipinski definition) is 5. The number of nitrogens with zero attached hydrogens (tertiary/aromatic N) is 3. The van der Waals surface area contributed by atoms with Crippen molar-refractivity contribution >= 4 is 11.7 Å². The van der Waals surface area contributed by atoms with Gasteiger partial charge in [0.25, 0.3) is 11.5 Å². The van der Waals surface area contributed by atoms with E-state index in [-0.39, 0.29) is 17.5 Å². The molecule has 3 rings (SSSR count). The van der Waals surface area contributed by atoms with Crippen LogP contribution in [0.25, 0.3) is 0 Å². The van der Waals surface area contributed by atoms with Gasteiger partial charge in [-0.05, 0) is 43.5 Å². The molecule has 1 aromatic carbocycles. The van der Waals surface area contributed by atoms with Crippen LogP contribution in [0.2, 0.25) is 0 Å². The molecule has 0 bridgehead atoms. The van der Waals surface area contributed by atoms with Crippen molar-refractivity contribution in [3.63, 3.8) is 0 Å². The monoisotopic (exact) mass is 337 g/mol. The minimum Gasteiger partial charge on any atom is -0.350 e. The Balaban J connectivity index is 1.71. The Morgan fingerprint density at radius 3 is 3.04 bits per heavy atom. The van der Waals surface area contributed by atoms with Crippen molar-refractivity contribution < 1.29 is 4.79 Å². The molecule has 1 aliphatic heterocycles. The molecular weight excluding hydrogens is 318 g/mol. The number of aryl methyl sites for hydroxylation is 1. The largest absolute Gasteiger partial charge is 0.350 e. The van der Waals surface area contributed by atoms with Crippen molar-refractivity contribution in [2.75, 3.05) is 18.0 Å². The van der Waals surface area contributed by atoms with E-state index >= 15 is 0 Å². The second kappa shape index (κ2) is 7.18. The molecule has 1 fully saturated rings. The summed E-state index contributed by atoms with van der Waals surface area (Å²) in [7, 11) is 0. The van der Waals surface area contributed by atoms with E-state index in [0.717, 1.165) is 24.9 Å². The molecule has 0 spiro atoms. The van der Waals surface area contributed by atoms with Crippen LogP contribution in [0.3, 0.4) is 0 Å². The fraction of sp³-hybridized carbons (Fsp3) is 0.333. The average Bonchev–Trinajstić information content (AvgIpc) is 2.62.